The van der Waals surface area contributed by atoms with Crippen molar-refractivity contribution in [1.29, 1.82) is 0 Å². The molecule has 0 atom stereocenters. The fourth-order valence-electron chi connectivity index (χ4n) is 2.01. The second kappa shape index (κ2) is 5.91. The molecule has 0 saturated carbocycles. The van der Waals surface area contributed by atoms with Crippen molar-refractivity contribution in [1.82, 2.24) is 19.9 Å². The van der Waals surface area contributed by atoms with E-state index in [0.29, 0.717) is 17.0 Å². The summed E-state index contributed by atoms with van der Waals surface area (Å²) in [6.45, 7) is 1.67. The SMILES string of the molecule is Cc1nc(Nc2ccc(F)c(Cl)c2)c2nc(S(C)(=O)=O)ncc2n1. The number of halogens is 2. The van der Waals surface area contributed by atoms with Crippen LogP contribution in [0, 0.1) is 12.7 Å². The third kappa shape index (κ3) is 3.26. The van der Waals surface area contributed by atoms with Crippen molar-refractivity contribution in [2.24, 2.45) is 0 Å². The van der Waals surface area contributed by atoms with E-state index in [1.807, 2.05) is 0 Å². The molecule has 0 fully saturated rings. The number of hydrogen-bond donors (Lipinski definition) is 1. The van der Waals surface area contributed by atoms with Crippen LogP contribution < -0.4 is 5.32 Å². The number of aryl methyl sites for hydroxylation is 1. The number of rotatable bonds is 3. The summed E-state index contributed by atoms with van der Waals surface area (Å²) >= 11 is 5.76. The van der Waals surface area contributed by atoms with Gasteiger partial charge in [-0.15, -0.1) is 0 Å². The fourth-order valence-corrected chi connectivity index (χ4v) is 2.69. The highest BCUT2D eigenvalue weighted by atomic mass is 35.5. The molecule has 0 aliphatic heterocycles. The molecule has 10 heteroatoms. The Labute approximate surface area is 141 Å². The lowest BCUT2D eigenvalue weighted by Crippen LogP contribution is -2.07. The van der Waals surface area contributed by atoms with Crippen molar-refractivity contribution in [2.45, 2.75) is 12.1 Å². The van der Waals surface area contributed by atoms with E-state index in [9.17, 15) is 12.8 Å². The van der Waals surface area contributed by atoms with Crippen LogP contribution in [0.15, 0.2) is 29.6 Å². The smallest absolute Gasteiger partial charge is 0.247 e. The van der Waals surface area contributed by atoms with E-state index in [1.54, 1.807) is 6.92 Å². The molecule has 3 rings (SSSR count). The zero-order chi connectivity index (χ0) is 17.5. The summed E-state index contributed by atoms with van der Waals surface area (Å²) in [6, 6.07) is 4.07. The molecular weight excluding hydrogens is 357 g/mol. The number of nitrogens with one attached hydrogen (secondary N) is 1. The summed E-state index contributed by atoms with van der Waals surface area (Å²) in [4.78, 5) is 16.2. The highest BCUT2D eigenvalue weighted by Gasteiger charge is 2.15. The van der Waals surface area contributed by atoms with Crippen LogP contribution in [0.25, 0.3) is 11.0 Å². The maximum atomic E-state index is 13.3. The molecule has 0 radical (unpaired) electrons. The first-order chi connectivity index (χ1) is 11.2. The molecule has 1 aromatic carbocycles. The van der Waals surface area contributed by atoms with Crippen LogP contribution in [0.3, 0.4) is 0 Å². The van der Waals surface area contributed by atoms with Gasteiger partial charge < -0.3 is 5.32 Å². The van der Waals surface area contributed by atoms with Crippen LogP contribution in [-0.2, 0) is 9.84 Å². The molecule has 7 nitrogen and oxygen atoms in total. The molecule has 3 aromatic rings. The summed E-state index contributed by atoms with van der Waals surface area (Å²) in [6.07, 6.45) is 2.33. The van der Waals surface area contributed by atoms with Crippen molar-refractivity contribution >= 4 is 44.0 Å². The van der Waals surface area contributed by atoms with Gasteiger partial charge in [0.05, 0.1) is 11.2 Å². The van der Waals surface area contributed by atoms with E-state index in [-0.39, 0.29) is 21.5 Å². The largest absolute Gasteiger partial charge is 0.338 e. The summed E-state index contributed by atoms with van der Waals surface area (Å²) in [5.41, 5.74) is 1.09. The Kier molecular flexibility index (Phi) is 4.06. The molecule has 1 N–H and O–H groups in total. The maximum absolute atomic E-state index is 13.3. The topological polar surface area (TPSA) is 97.7 Å². The van der Waals surface area contributed by atoms with Gasteiger partial charge in [0.15, 0.2) is 5.82 Å². The van der Waals surface area contributed by atoms with E-state index in [0.717, 1.165) is 6.26 Å². The Balaban J connectivity index is 2.16. The Bertz CT molecular complexity index is 1060. The Hall–Kier alpha value is -2.39. The minimum absolute atomic E-state index is 0.0541. The van der Waals surface area contributed by atoms with Crippen LogP contribution in [0.2, 0.25) is 5.02 Å². The van der Waals surface area contributed by atoms with Gasteiger partial charge in [-0.3, -0.25) is 0 Å². The Morgan fingerprint density at radius 1 is 1.21 bits per heavy atom. The number of benzene rings is 1. The van der Waals surface area contributed by atoms with Crippen LogP contribution in [0.5, 0.6) is 0 Å². The number of hydrogen-bond acceptors (Lipinski definition) is 7. The normalized spacial score (nSPS) is 11.7. The number of sulfone groups is 1. The number of fused-ring (bicyclic) bond motifs is 1. The third-order valence-electron chi connectivity index (χ3n) is 3.04. The van der Waals surface area contributed by atoms with Crippen LogP contribution in [-0.4, -0.2) is 34.6 Å². The van der Waals surface area contributed by atoms with Crippen molar-refractivity contribution < 1.29 is 12.8 Å². The molecule has 0 bridgehead atoms. The van der Waals surface area contributed by atoms with Gasteiger partial charge >= 0.3 is 0 Å². The second-order valence-electron chi connectivity index (χ2n) is 5.03. The van der Waals surface area contributed by atoms with Gasteiger partial charge in [0.25, 0.3) is 0 Å². The molecule has 2 heterocycles. The number of aromatic nitrogens is 4. The summed E-state index contributed by atoms with van der Waals surface area (Å²) in [7, 11) is -3.58. The molecule has 0 spiro atoms. The van der Waals surface area contributed by atoms with Crippen molar-refractivity contribution in [3.63, 3.8) is 0 Å². The van der Waals surface area contributed by atoms with Gasteiger partial charge in [-0.1, -0.05) is 11.6 Å². The second-order valence-corrected chi connectivity index (χ2v) is 7.35. The molecule has 0 amide bonds. The van der Waals surface area contributed by atoms with Crippen LogP contribution >= 0.6 is 11.6 Å². The first-order valence-corrected chi connectivity index (χ1v) is 8.94. The standard InChI is InChI=1S/C14H11ClFN5O2S/c1-7-18-11-6-17-14(24(2,22)23)21-12(11)13(19-7)20-8-3-4-10(16)9(15)5-8/h3-6H,1-2H3,(H,18,19,20). The Morgan fingerprint density at radius 3 is 2.62 bits per heavy atom. The molecule has 24 heavy (non-hydrogen) atoms. The van der Waals surface area contributed by atoms with Crippen LogP contribution in [0.1, 0.15) is 5.82 Å². The highest BCUT2D eigenvalue weighted by Crippen LogP contribution is 2.25. The lowest BCUT2D eigenvalue weighted by atomic mass is 10.3. The predicted octanol–water partition coefficient (Wildman–Crippen LogP) is 2.67. The number of nitrogens with zero attached hydrogens (tertiary/aromatic N) is 4. The molecular formula is C14H11ClFN5O2S. The first-order valence-electron chi connectivity index (χ1n) is 6.67. The van der Waals surface area contributed by atoms with Gasteiger partial charge in [0, 0.05) is 11.9 Å². The quantitative estimate of drug-likeness (QED) is 0.710. The average molecular weight is 368 g/mol. The molecule has 0 saturated heterocycles. The van der Waals surface area contributed by atoms with Gasteiger partial charge in [0.2, 0.25) is 15.0 Å². The monoisotopic (exact) mass is 367 g/mol. The zero-order valence-electron chi connectivity index (χ0n) is 12.6. The van der Waals surface area contributed by atoms with E-state index in [4.69, 9.17) is 11.6 Å². The summed E-state index contributed by atoms with van der Waals surface area (Å²) < 4.78 is 36.6. The highest BCUT2D eigenvalue weighted by molar-refractivity contribution is 7.90. The van der Waals surface area contributed by atoms with E-state index >= 15 is 0 Å². The predicted molar refractivity (Wildman–Crippen MR) is 87.7 cm³/mol. The van der Waals surface area contributed by atoms with Crippen molar-refractivity contribution in [2.75, 3.05) is 11.6 Å². The van der Waals surface area contributed by atoms with Gasteiger partial charge in [-0.2, -0.15) is 0 Å². The van der Waals surface area contributed by atoms with E-state index in [2.05, 4.69) is 25.3 Å². The van der Waals surface area contributed by atoms with Gasteiger partial charge in [-0.05, 0) is 25.1 Å². The minimum atomic E-state index is -3.58. The number of anilines is 2. The Morgan fingerprint density at radius 2 is 1.96 bits per heavy atom. The summed E-state index contributed by atoms with van der Waals surface area (Å²) in [5.74, 6) is 0.161. The minimum Gasteiger partial charge on any atom is -0.338 e. The van der Waals surface area contributed by atoms with Gasteiger partial charge in [-0.25, -0.2) is 32.7 Å². The van der Waals surface area contributed by atoms with E-state index in [1.165, 1.54) is 24.4 Å². The first kappa shape index (κ1) is 16.5. The molecule has 0 aliphatic carbocycles. The van der Waals surface area contributed by atoms with Crippen molar-refractivity contribution in [3.05, 3.63) is 41.1 Å². The fraction of sp³-hybridized carbons (Fsp3) is 0.143. The molecule has 2 aromatic heterocycles. The maximum Gasteiger partial charge on any atom is 0.247 e. The van der Waals surface area contributed by atoms with Gasteiger partial charge in [0.1, 0.15) is 22.7 Å². The molecule has 124 valence electrons. The lowest BCUT2D eigenvalue weighted by Gasteiger charge is -2.10. The van der Waals surface area contributed by atoms with E-state index < -0.39 is 15.7 Å². The van der Waals surface area contributed by atoms with Crippen molar-refractivity contribution in [3.8, 4) is 0 Å². The summed E-state index contributed by atoms with van der Waals surface area (Å²) in [5, 5.41) is 2.56. The lowest BCUT2D eigenvalue weighted by molar-refractivity contribution is 0.593. The third-order valence-corrected chi connectivity index (χ3v) is 4.19. The average Bonchev–Trinajstić information content (AvgIpc) is 2.49. The zero-order valence-corrected chi connectivity index (χ0v) is 14.2. The molecule has 0 aliphatic rings. The van der Waals surface area contributed by atoms with Crippen LogP contribution in [0.4, 0.5) is 15.9 Å². The molecule has 0 unspecified atom stereocenters.